The number of hydrogen-bond acceptors (Lipinski definition) is 3. The monoisotopic (exact) mass is 158 g/mol. The second kappa shape index (κ2) is 3.19. The van der Waals surface area contributed by atoms with Crippen molar-refractivity contribution in [1.82, 2.24) is 10.6 Å². The van der Waals surface area contributed by atoms with Crippen molar-refractivity contribution in [2.75, 3.05) is 0 Å². The lowest BCUT2D eigenvalue weighted by molar-refractivity contribution is -0.129. The molecular formula is C7H14N2O2. The Morgan fingerprint density at radius 1 is 1.64 bits per heavy atom. The third-order valence-corrected chi connectivity index (χ3v) is 1.94. The normalized spacial score (nSPS) is 38.5. The number of piperazine rings is 1. The number of amides is 1. The van der Waals surface area contributed by atoms with Crippen LogP contribution in [0.5, 0.6) is 0 Å². The van der Waals surface area contributed by atoms with Crippen LogP contribution in [0.2, 0.25) is 0 Å². The highest BCUT2D eigenvalue weighted by Gasteiger charge is 2.29. The van der Waals surface area contributed by atoms with Gasteiger partial charge in [-0.25, -0.2) is 0 Å². The van der Waals surface area contributed by atoms with E-state index in [2.05, 4.69) is 10.6 Å². The van der Waals surface area contributed by atoms with Gasteiger partial charge >= 0.3 is 0 Å². The van der Waals surface area contributed by atoms with E-state index in [1.165, 1.54) is 0 Å². The average Bonchev–Trinajstić information content (AvgIpc) is 1.97. The van der Waals surface area contributed by atoms with Gasteiger partial charge in [-0.2, -0.15) is 0 Å². The summed E-state index contributed by atoms with van der Waals surface area (Å²) in [6, 6.07) is -0.425. The van der Waals surface area contributed by atoms with E-state index >= 15 is 0 Å². The summed E-state index contributed by atoms with van der Waals surface area (Å²) in [5.41, 5.74) is 0. The van der Waals surface area contributed by atoms with Gasteiger partial charge in [-0.15, -0.1) is 0 Å². The fourth-order valence-electron chi connectivity index (χ4n) is 1.13. The van der Waals surface area contributed by atoms with E-state index in [0.29, 0.717) is 6.42 Å². The lowest BCUT2D eigenvalue weighted by Gasteiger charge is -2.32. The summed E-state index contributed by atoms with van der Waals surface area (Å²) in [5, 5.41) is 14.8. The fourth-order valence-corrected chi connectivity index (χ4v) is 1.13. The molecule has 11 heavy (non-hydrogen) atoms. The molecule has 3 atom stereocenters. The summed E-state index contributed by atoms with van der Waals surface area (Å²) in [4.78, 5) is 11.1. The van der Waals surface area contributed by atoms with E-state index in [1.807, 2.05) is 6.92 Å². The van der Waals surface area contributed by atoms with Gasteiger partial charge in [-0.1, -0.05) is 6.92 Å². The van der Waals surface area contributed by atoms with Crippen LogP contribution in [-0.4, -0.2) is 29.3 Å². The minimum atomic E-state index is -0.613. The van der Waals surface area contributed by atoms with Crippen LogP contribution in [0.3, 0.4) is 0 Å². The van der Waals surface area contributed by atoms with Gasteiger partial charge in [0.15, 0.2) is 0 Å². The summed E-state index contributed by atoms with van der Waals surface area (Å²) in [5.74, 6) is -0.0229. The molecule has 3 unspecified atom stereocenters. The van der Waals surface area contributed by atoms with Gasteiger partial charge in [0.1, 0.15) is 6.23 Å². The predicted octanol–water partition coefficient (Wildman–Crippen LogP) is -0.809. The standard InChI is InChI=1S/C7H14N2O2/c1-3-5-7(11)8-4(2)6(10)9-5/h4-6,9-10H,3H2,1-2H3,(H,8,11). The number of carbonyl (C=O) groups excluding carboxylic acids is 1. The highest BCUT2D eigenvalue weighted by atomic mass is 16.3. The zero-order valence-electron chi connectivity index (χ0n) is 6.79. The van der Waals surface area contributed by atoms with Crippen LogP contribution in [-0.2, 0) is 4.79 Å². The van der Waals surface area contributed by atoms with Crippen molar-refractivity contribution in [1.29, 1.82) is 0 Å². The molecule has 64 valence electrons. The number of carbonyl (C=O) groups is 1. The van der Waals surface area contributed by atoms with Crippen molar-refractivity contribution in [3.63, 3.8) is 0 Å². The number of nitrogens with one attached hydrogen (secondary N) is 2. The van der Waals surface area contributed by atoms with E-state index in [0.717, 1.165) is 0 Å². The van der Waals surface area contributed by atoms with Crippen molar-refractivity contribution in [2.24, 2.45) is 0 Å². The zero-order valence-corrected chi connectivity index (χ0v) is 6.79. The maximum absolute atomic E-state index is 11.1. The molecule has 1 saturated heterocycles. The van der Waals surface area contributed by atoms with Crippen molar-refractivity contribution in [3.8, 4) is 0 Å². The SMILES string of the molecule is CCC1NC(O)C(C)NC1=O. The summed E-state index contributed by atoms with van der Waals surface area (Å²) in [6.07, 6.45) is 0.0907. The Kier molecular flexibility index (Phi) is 2.46. The Morgan fingerprint density at radius 2 is 2.27 bits per heavy atom. The van der Waals surface area contributed by atoms with Gasteiger partial charge in [-0.05, 0) is 13.3 Å². The van der Waals surface area contributed by atoms with Crippen LogP contribution < -0.4 is 10.6 Å². The topological polar surface area (TPSA) is 61.4 Å². The first-order valence-corrected chi connectivity index (χ1v) is 3.89. The number of rotatable bonds is 1. The Bertz CT molecular complexity index is 161. The molecule has 0 saturated carbocycles. The van der Waals surface area contributed by atoms with E-state index in [1.54, 1.807) is 6.92 Å². The first-order chi connectivity index (χ1) is 5.15. The first kappa shape index (κ1) is 8.49. The van der Waals surface area contributed by atoms with E-state index in [-0.39, 0.29) is 18.0 Å². The summed E-state index contributed by atoms with van der Waals surface area (Å²) in [7, 11) is 0. The maximum atomic E-state index is 11.1. The molecule has 3 N–H and O–H groups in total. The molecule has 1 aliphatic rings. The molecule has 1 amide bonds. The molecule has 1 aliphatic heterocycles. The van der Waals surface area contributed by atoms with Gasteiger partial charge in [0.2, 0.25) is 5.91 Å². The van der Waals surface area contributed by atoms with Crippen LogP contribution in [0.4, 0.5) is 0 Å². The van der Waals surface area contributed by atoms with Crippen LogP contribution >= 0.6 is 0 Å². The van der Waals surface area contributed by atoms with Gasteiger partial charge in [0.05, 0.1) is 12.1 Å². The van der Waals surface area contributed by atoms with Crippen LogP contribution in [0.25, 0.3) is 0 Å². The molecule has 1 fully saturated rings. The largest absolute Gasteiger partial charge is 0.376 e. The Labute approximate surface area is 66.0 Å². The number of aliphatic hydroxyl groups is 1. The van der Waals surface area contributed by atoms with E-state index in [9.17, 15) is 9.90 Å². The molecule has 0 aromatic carbocycles. The van der Waals surface area contributed by atoms with Crippen molar-refractivity contribution in [2.45, 2.75) is 38.6 Å². The van der Waals surface area contributed by atoms with Crippen molar-refractivity contribution in [3.05, 3.63) is 0 Å². The predicted molar refractivity (Wildman–Crippen MR) is 40.8 cm³/mol. The average molecular weight is 158 g/mol. The summed E-state index contributed by atoms with van der Waals surface area (Å²) < 4.78 is 0. The van der Waals surface area contributed by atoms with Gasteiger partial charge in [0, 0.05) is 0 Å². The van der Waals surface area contributed by atoms with E-state index in [4.69, 9.17) is 0 Å². The highest BCUT2D eigenvalue weighted by Crippen LogP contribution is 2.02. The molecule has 0 aromatic heterocycles. The van der Waals surface area contributed by atoms with E-state index < -0.39 is 6.23 Å². The number of aliphatic hydroxyl groups excluding tert-OH is 1. The molecule has 0 spiro atoms. The quantitative estimate of drug-likeness (QED) is 0.468. The second-order valence-corrected chi connectivity index (χ2v) is 2.87. The highest BCUT2D eigenvalue weighted by molar-refractivity contribution is 5.82. The molecular weight excluding hydrogens is 144 g/mol. The molecule has 4 heteroatoms. The smallest absolute Gasteiger partial charge is 0.237 e. The van der Waals surface area contributed by atoms with Gasteiger partial charge < -0.3 is 10.4 Å². The number of hydrogen-bond donors (Lipinski definition) is 3. The lowest BCUT2D eigenvalue weighted by Crippen LogP contribution is -2.62. The molecule has 0 radical (unpaired) electrons. The maximum Gasteiger partial charge on any atom is 0.237 e. The van der Waals surface area contributed by atoms with Crippen LogP contribution in [0, 0.1) is 0 Å². The molecule has 1 heterocycles. The molecule has 0 bridgehead atoms. The molecule has 4 nitrogen and oxygen atoms in total. The molecule has 1 rings (SSSR count). The third-order valence-electron chi connectivity index (χ3n) is 1.94. The third kappa shape index (κ3) is 1.70. The first-order valence-electron chi connectivity index (χ1n) is 3.89. The van der Waals surface area contributed by atoms with Crippen molar-refractivity contribution < 1.29 is 9.90 Å². The van der Waals surface area contributed by atoms with Gasteiger partial charge in [0.25, 0.3) is 0 Å². The minimum absolute atomic E-state index is 0.0229. The minimum Gasteiger partial charge on any atom is -0.376 e. The summed E-state index contributed by atoms with van der Waals surface area (Å²) >= 11 is 0. The Morgan fingerprint density at radius 3 is 2.82 bits per heavy atom. The van der Waals surface area contributed by atoms with Gasteiger partial charge in [-0.3, -0.25) is 10.1 Å². The fraction of sp³-hybridized carbons (Fsp3) is 0.857. The lowest BCUT2D eigenvalue weighted by atomic mass is 10.1. The van der Waals surface area contributed by atoms with Crippen LogP contribution in [0.1, 0.15) is 20.3 Å². The summed E-state index contributed by atoms with van der Waals surface area (Å²) in [6.45, 7) is 3.67. The van der Waals surface area contributed by atoms with Crippen LogP contribution in [0.15, 0.2) is 0 Å². The molecule has 0 aromatic rings. The Balaban J connectivity index is 2.55. The van der Waals surface area contributed by atoms with Crippen molar-refractivity contribution >= 4 is 5.91 Å². The zero-order chi connectivity index (χ0) is 8.43. The molecule has 0 aliphatic carbocycles. The second-order valence-electron chi connectivity index (χ2n) is 2.87. The Hall–Kier alpha value is -0.610.